The molecule has 0 spiro atoms. The average Bonchev–Trinajstić information content (AvgIpc) is 3.12. The monoisotopic (exact) mass is 246 g/mol. The first-order chi connectivity index (χ1) is 8.59. The number of nitrogens with zero attached hydrogens (tertiary/aromatic N) is 1. The standard InChI is InChI=1S/C15H19FN2/c1-11(2)15(6-7-15)10-18-9-13-5-3-4-12(8-17)14(13)16/h3-5,11,18H,6-7,9-10H2,1-2H3. The van der Waals surface area contributed by atoms with Crippen molar-refractivity contribution in [3.63, 3.8) is 0 Å². The van der Waals surface area contributed by atoms with E-state index in [1.807, 2.05) is 6.07 Å². The SMILES string of the molecule is CC(C)C1(CNCc2cccc(C#N)c2F)CC1. The van der Waals surface area contributed by atoms with Crippen LogP contribution in [0.1, 0.15) is 37.8 Å². The number of nitrogens with one attached hydrogen (secondary N) is 1. The zero-order valence-electron chi connectivity index (χ0n) is 11.0. The summed E-state index contributed by atoms with van der Waals surface area (Å²) in [6, 6.07) is 6.84. The van der Waals surface area contributed by atoms with Crippen LogP contribution < -0.4 is 5.32 Å². The smallest absolute Gasteiger partial charge is 0.145 e. The Bertz CT molecular complexity index is 470. The number of halogens is 1. The highest BCUT2D eigenvalue weighted by Gasteiger charge is 2.44. The summed E-state index contributed by atoms with van der Waals surface area (Å²) in [4.78, 5) is 0. The molecule has 0 radical (unpaired) electrons. The summed E-state index contributed by atoms with van der Waals surface area (Å²) in [5, 5.41) is 12.1. The van der Waals surface area contributed by atoms with Crippen LogP contribution in [0.2, 0.25) is 0 Å². The highest BCUT2D eigenvalue weighted by atomic mass is 19.1. The van der Waals surface area contributed by atoms with Gasteiger partial charge < -0.3 is 5.32 Å². The van der Waals surface area contributed by atoms with Gasteiger partial charge in [0.2, 0.25) is 0 Å². The van der Waals surface area contributed by atoms with E-state index in [1.54, 1.807) is 12.1 Å². The van der Waals surface area contributed by atoms with E-state index in [0.29, 0.717) is 23.4 Å². The number of rotatable bonds is 5. The topological polar surface area (TPSA) is 35.8 Å². The molecule has 0 aliphatic heterocycles. The maximum Gasteiger partial charge on any atom is 0.145 e. The van der Waals surface area contributed by atoms with Crippen LogP contribution in [0.3, 0.4) is 0 Å². The molecule has 1 saturated carbocycles. The predicted molar refractivity (Wildman–Crippen MR) is 69.3 cm³/mol. The molecule has 0 saturated heterocycles. The summed E-state index contributed by atoms with van der Waals surface area (Å²) in [6.07, 6.45) is 2.52. The van der Waals surface area contributed by atoms with E-state index in [0.717, 1.165) is 6.54 Å². The second kappa shape index (κ2) is 5.07. The van der Waals surface area contributed by atoms with Gasteiger partial charge in [-0.25, -0.2) is 4.39 Å². The van der Waals surface area contributed by atoms with Crippen LogP contribution in [0.4, 0.5) is 4.39 Å². The molecule has 1 aliphatic carbocycles. The molecule has 1 aliphatic rings. The van der Waals surface area contributed by atoms with Gasteiger partial charge in [-0.3, -0.25) is 0 Å². The van der Waals surface area contributed by atoms with Crippen molar-refractivity contribution in [2.24, 2.45) is 11.3 Å². The van der Waals surface area contributed by atoms with Crippen LogP contribution in [-0.2, 0) is 6.54 Å². The molecule has 96 valence electrons. The molecule has 3 heteroatoms. The van der Waals surface area contributed by atoms with E-state index in [2.05, 4.69) is 19.2 Å². The van der Waals surface area contributed by atoms with Crippen molar-refractivity contribution in [1.82, 2.24) is 5.32 Å². The molecule has 0 unspecified atom stereocenters. The van der Waals surface area contributed by atoms with Crippen molar-refractivity contribution in [3.05, 3.63) is 35.1 Å². The Morgan fingerprint density at radius 3 is 2.72 bits per heavy atom. The summed E-state index contributed by atoms with van der Waals surface area (Å²) < 4.78 is 13.8. The fourth-order valence-corrected chi connectivity index (χ4v) is 2.37. The Balaban J connectivity index is 1.94. The van der Waals surface area contributed by atoms with Crippen LogP contribution >= 0.6 is 0 Å². The van der Waals surface area contributed by atoms with Crippen LogP contribution in [0.15, 0.2) is 18.2 Å². The maximum absolute atomic E-state index is 13.8. The molecular formula is C15H19FN2. The summed E-state index contributed by atoms with van der Waals surface area (Å²) in [7, 11) is 0. The van der Waals surface area contributed by atoms with Gasteiger partial charge in [0.05, 0.1) is 5.56 Å². The average molecular weight is 246 g/mol. The summed E-state index contributed by atoms with van der Waals surface area (Å²) in [5.74, 6) is 0.280. The van der Waals surface area contributed by atoms with Crippen molar-refractivity contribution in [1.29, 1.82) is 5.26 Å². The van der Waals surface area contributed by atoms with Crippen LogP contribution in [0, 0.1) is 28.5 Å². The second-order valence-corrected chi connectivity index (χ2v) is 5.51. The second-order valence-electron chi connectivity index (χ2n) is 5.51. The van der Waals surface area contributed by atoms with E-state index in [4.69, 9.17) is 5.26 Å². The highest BCUT2D eigenvalue weighted by molar-refractivity contribution is 5.34. The van der Waals surface area contributed by atoms with Gasteiger partial charge >= 0.3 is 0 Å². The van der Waals surface area contributed by atoms with E-state index < -0.39 is 0 Å². The summed E-state index contributed by atoms with van der Waals surface area (Å²) in [6.45, 7) is 5.91. The molecule has 18 heavy (non-hydrogen) atoms. The number of hydrogen-bond acceptors (Lipinski definition) is 2. The molecule has 1 N–H and O–H groups in total. The van der Waals surface area contributed by atoms with Gasteiger partial charge in [0.25, 0.3) is 0 Å². The lowest BCUT2D eigenvalue weighted by atomic mass is 9.92. The highest BCUT2D eigenvalue weighted by Crippen LogP contribution is 2.51. The lowest BCUT2D eigenvalue weighted by Crippen LogP contribution is -2.27. The van der Waals surface area contributed by atoms with Gasteiger partial charge in [0.15, 0.2) is 0 Å². The quantitative estimate of drug-likeness (QED) is 0.865. The Hall–Kier alpha value is -1.40. The van der Waals surface area contributed by atoms with Crippen molar-refractivity contribution in [3.8, 4) is 6.07 Å². The third kappa shape index (κ3) is 2.54. The van der Waals surface area contributed by atoms with Crippen molar-refractivity contribution in [2.75, 3.05) is 6.54 Å². The van der Waals surface area contributed by atoms with Crippen LogP contribution in [0.25, 0.3) is 0 Å². The van der Waals surface area contributed by atoms with Crippen molar-refractivity contribution in [2.45, 2.75) is 33.2 Å². The summed E-state index contributed by atoms with van der Waals surface area (Å²) in [5.41, 5.74) is 1.12. The Kier molecular flexibility index (Phi) is 3.68. The van der Waals surface area contributed by atoms with E-state index in [9.17, 15) is 4.39 Å². The minimum absolute atomic E-state index is 0.124. The molecule has 1 aromatic rings. The third-order valence-corrected chi connectivity index (χ3v) is 4.11. The first-order valence-corrected chi connectivity index (χ1v) is 6.47. The van der Waals surface area contributed by atoms with E-state index in [-0.39, 0.29) is 11.4 Å². The minimum Gasteiger partial charge on any atom is -0.312 e. The molecule has 0 bridgehead atoms. The Morgan fingerprint density at radius 2 is 2.17 bits per heavy atom. The predicted octanol–water partition coefficient (Wildman–Crippen LogP) is 3.22. The van der Waals surface area contributed by atoms with Gasteiger partial charge in [-0.05, 0) is 30.2 Å². The maximum atomic E-state index is 13.8. The number of hydrogen-bond donors (Lipinski definition) is 1. The molecular weight excluding hydrogens is 227 g/mol. The molecule has 2 rings (SSSR count). The van der Waals surface area contributed by atoms with Crippen molar-refractivity contribution < 1.29 is 4.39 Å². The largest absolute Gasteiger partial charge is 0.312 e. The first kappa shape index (κ1) is 13.0. The lowest BCUT2D eigenvalue weighted by Gasteiger charge is -2.20. The van der Waals surface area contributed by atoms with E-state index >= 15 is 0 Å². The molecule has 2 nitrogen and oxygen atoms in total. The van der Waals surface area contributed by atoms with Crippen LogP contribution in [-0.4, -0.2) is 6.54 Å². The number of benzene rings is 1. The van der Waals surface area contributed by atoms with Crippen LogP contribution in [0.5, 0.6) is 0 Å². The van der Waals surface area contributed by atoms with Gasteiger partial charge in [0, 0.05) is 18.7 Å². The van der Waals surface area contributed by atoms with Gasteiger partial charge in [-0.1, -0.05) is 26.0 Å². The Labute approximate surface area is 108 Å². The molecule has 1 aromatic carbocycles. The molecule has 0 aromatic heterocycles. The lowest BCUT2D eigenvalue weighted by molar-refractivity contribution is 0.337. The zero-order valence-corrected chi connectivity index (χ0v) is 11.0. The molecule has 0 heterocycles. The fourth-order valence-electron chi connectivity index (χ4n) is 2.37. The summed E-state index contributed by atoms with van der Waals surface area (Å²) >= 11 is 0. The number of nitriles is 1. The zero-order chi connectivity index (χ0) is 13.2. The minimum atomic E-state index is -0.387. The first-order valence-electron chi connectivity index (χ1n) is 6.47. The van der Waals surface area contributed by atoms with E-state index in [1.165, 1.54) is 18.9 Å². The molecule has 1 fully saturated rings. The van der Waals surface area contributed by atoms with Gasteiger partial charge in [-0.15, -0.1) is 0 Å². The molecule has 0 atom stereocenters. The normalized spacial score (nSPS) is 16.6. The van der Waals surface area contributed by atoms with Gasteiger partial charge in [0.1, 0.15) is 11.9 Å². The Morgan fingerprint density at radius 1 is 1.44 bits per heavy atom. The van der Waals surface area contributed by atoms with Gasteiger partial charge in [-0.2, -0.15) is 5.26 Å². The fraction of sp³-hybridized carbons (Fsp3) is 0.533. The van der Waals surface area contributed by atoms with Crippen molar-refractivity contribution >= 4 is 0 Å². The molecule has 0 amide bonds. The third-order valence-electron chi connectivity index (χ3n) is 4.11.